The fourth-order valence-corrected chi connectivity index (χ4v) is 3.50. The first kappa shape index (κ1) is 20.1. The van der Waals surface area contributed by atoms with Crippen LogP contribution in [0.5, 0.6) is 11.5 Å². The summed E-state index contributed by atoms with van der Waals surface area (Å²) in [5, 5.41) is 0. The number of hydrogen-bond acceptors (Lipinski definition) is 4. The molecule has 0 aromatic heterocycles. The van der Waals surface area contributed by atoms with Crippen molar-refractivity contribution in [1.82, 2.24) is 4.90 Å². The van der Waals surface area contributed by atoms with E-state index in [2.05, 4.69) is 17.0 Å². The maximum Gasteiger partial charge on any atom is 0.222 e. The number of nitrogens with zero attached hydrogens (tertiary/aromatic N) is 2. The molecule has 5 heteroatoms. The predicted molar refractivity (Wildman–Crippen MR) is 112 cm³/mol. The highest BCUT2D eigenvalue weighted by atomic mass is 16.5. The van der Waals surface area contributed by atoms with Crippen molar-refractivity contribution in [3.63, 3.8) is 0 Å². The molecule has 0 saturated carbocycles. The summed E-state index contributed by atoms with van der Waals surface area (Å²) in [7, 11) is 1.68. The number of benzene rings is 2. The predicted octanol–water partition coefficient (Wildman–Crippen LogP) is 3.90. The molecule has 2 aromatic rings. The smallest absolute Gasteiger partial charge is 0.222 e. The molecule has 0 radical (unpaired) electrons. The number of anilines is 1. The van der Waals surface area contributed by atoms with Gasteiger partial charge in [-0.2, -0.15) is 0 Å². The Kier molecular flexibility index (Phi) is 7.18. The van der Waals surface area contributed by atoms with Gasteiger partial charge in [0.05, 0.1) is 13.7 Å². The highest BCUT2D eigenvalue weighted by molar-refractivity contribution is 5.76. The SMILES string of the molecule is COc1ccc(N2CCCN(C(=O)CCCOc3ccccc3C)CC2)cc1. The minimum Gasteiger partial charge on any atom is -0.497 e. The third kappa shape index (κ3) is 5.41. The average Bonchev–Trinajstić information content (AvgIpc) is 2.99. The molecule has 1 aliphatic heterocycles. The van der Waals surface area contributed by atoms with Gasteiger partial charge in [0, 0.05) is 38.3 Å². The van der Waals surface area contributed by atoms with Crippen molar-refractivity contribution < 1.29 is 14.3 Å². The zero-order chi connectivity index (χ0) is 19.8. The third-order valence-corrected chi connectivity index (χ3v) is 5.17. The Balaban J connectivity index is 1.43. The summed E-state index contributed by atoms with van der Waals surface area (Å²) in [6.07, 6.45) is 2.26. The number of hydrogen-bond donors (Lipinski definition) is 0. The molecule has 0 N–H and O–H groups in total. The number of rotatable bonds is 7. The molecule has 0 aliphatic carbocycles. The summed E-state index contributed by atoms with van der Waals surface area (Å²) in [4.78, 5) is 16.9. The monoisotopic (exact) mass is 382 g/mol. The van der Waals surface area contributed by atoms with Gasteiger partial charge in [0.1, 0.15) is 11.5 Å². The first-order chi connectivity index (χ1) is 13.7. The molecule has 0 atom stereocenters. The van der Waals surface area contributed by atoms with Gasteiger partial charge in [-0.25, -0.2) is 0 Å². The molecule has 1 amide bonds. The fourth-order valence-electron chi connectivity index (χ4n) is 3.50. The fraction of sp³-hybridized carbons (Fsp3) is 0.435. The molecule has 0 unspecified atom stereocenters. The molecule has 1 aliphatic rings. The summed E-state index contributed by atoms with van der Waals surface area (Å²) >= 11 is 0. The molecular weight excluding hydrogens is 352 g/mol. The zero-order valence-corrected chi connectivity index (χ0v) is 16.9. The second-order valence-electron chi connectivity index (χ2n) is 7.14. The van der Waals surface area contributed by atoms with E-state index in [9.17, 15) is 4.79 Å². The van der Waals surface area contributed by atoms with E-state index in [0.29, 0.717) is 13.0 Å². The van der Waals surface area contributed by atoms with E-state index in [1.54, 1.807) is 7.11 Å². The zero-order valence-electron chi connectivity index (χ0n) is 16.9. The van der Waals surface area contributed by atoms with Crippen LogP contribution < -0.4 is 14.4 Å². The van der Waals surface area contributed by atoms with Crippen LogP contribution in [0.2, 0.25) is 0 Å². The number of carbonyl (C=O) groups excluding carboxylic acids is 1. The van der Waals surface area contributed by atoms with E-state index in [1.165, 1.54) is 5.69 Å². The second kappa shape index (κ2) is 10.0. The Morgan fingerprint density at radius 2 is 1.79 bits per heavy atom. The summed E-state index contributed by atoms with van der Waals surface area (Å²) < 4.78 is 11.0. The van der Waals surface area contributed by atoms with Gasteiger partial charge in [0.2, 0.25) is 5.91 Å². The van der Waals surface area contributed by atoms with E-state index in [0.717, 1.165) is 56.1 Å². The van der Waals surface area contributed by atoms with E-state index in [4.69, 9.17) is 9.47 Å². The number of para-hydroxylation sites is 1. The van der Waals surface area contributed by atoms with Crippen LogP contribution >= 0.6 is 0 Å². The molecule has 1 fully saturated rings. The van der Waals surface area contributed by atoms with E-state index in [1.807, 2.05) is 48.2 Å². The molecule has 1 saturated heterocycles. The topological polar surface area (TPSA) is 42.0 Å². The molecule has 5 nitrogen and oxygen atoms in total. The average molecular weight is 383 g/mol. The Morgan fingerprint density at radius 1 is 1.00 bits per heavy atom. The molecule has 150 valence electrons. The minimum atomic E-state index is 0.227. The number of methoxy groups -OCH3 is 1. The van der Waals surface area contributed by atoms with Crippen LogP contribution in [-0.2, 0) is 4.79 Å². The molecule has 28 heavy (non-hydrogen) atoms. The van der Waals surface area contributed by atoms with Gasteiger partial charge in [-0.1, -0.05) is 18.2 Å². The highest BCUT2D eigenvalue weighted by Gasteiger charge is 2.19. The Morgan fingerprint density at radius 3 is 2.54 bits per heavy atom. The van der Waals surface area contributed by atoms with Crippen molar-refractivity contribution in [3.8, 4) is 11.5 Å². The number of carbonyl (C=O) groups is 1. The third-order valence-electron chi connectivity index (χ3n) is 5.17. The van der Waals surface area contributed by atoms with E-state index < -0.39 is 0 Å². The van der Waals surface area contributed by atoms with Gasteiger partial charge >= 0.3 is 0 Å². The first-order valence-electron chi connectivity index (χ1n) is 10.0. The summed E-state index contributed by atoms with van der Waals surface area (Å²) in [5.41, 5.74) is 2.31. The lowest BCUT2D eigenvalue weighted by atomic mass is 10.2. The van der Waals surface area contributed by atoms with Gasteiger partial charge in [0.15, 0.2) is 0 Å². The van der Waals surface area contributed by atoms with Gasteiger partial charge in [-0.15, -0.1) is 0 Å². The number of amides is 1. The maximum absolute atomic E-state index is 12.6. The van der Waals surface area contributed by atoms with Crippen molar-refractivity contribution in [2.75, 3.05) is 44.8 Å². The Bertz CT molecular complexity index is 761. The van der Waals surface area contributed by atoms with Crippen LogP contribution in [0, 0.1) is 6.92 Å². The summed E-state index contributed by atoms with van der Waals surface area (Å²) in [6, 6.07) is 16.1. The lowest BCUT2D eigenvalue weighted by Crippen LogP contribution is -2.35. The standard InChI is InChI=1S/C23H30N2O3/c1-19-7-3-4-8-22(19)28-18-5-9-23(26)25-15-6-14-24(16-17-25)20-10-12-21(27-2)13-11-20/h3-4,7-8,10-13H,5-6,9,14-18H2,1-2H3. The quantitative estimate of drug-likeness (QED) is 0.681. The number of ether oxygens (including phenoxy) is 2. The van der Waals surface area contributed by atoms with Crippen LogP contribution in [0.4, 0.5) is 5.69 Å². The maximum atomic E-state index is 12.6. The van der Waals surface area contributed by atoms with Gasteiger partial charge in [0.25, 0.3) is 0 Å². The van der Waals surface area contributed by atoms with Crippen LogP contribution in [0.15, 0.2) is 48.5 Å². The first-order valence-corrected chi connectivity index (χ1v) is 10.0. The lowest BCUT2D eigenvalue weighted by Gasteiger charge is -2.24. The van der Waals surface area contributed by atoms with Crippen LogP contribution in [0.25, 0.3) is 0 Å². The Labute approximate surface area is 167 Å². The van der Waals surface area contributed by atoms with Crippen LogP contribution in [0.1, 0.15) is 24.8 Å². The van der Waals surface area contributed by atoms with Crippen LogP contribution in [0.3, 0.4) is 0 Å². The van der Waals surface area contributed by atoms with Gasteiger partial charge in [-0.3, -0.25) is 4.79 Å². The summed E-state index contributed by atoms with van der Waals surface area (Å²) in [6.45, 7) is 6.02. The van der Waals surface area contributed by atoms with Crippen molar-refractivity contribution in [2.24, 2.45) is 0 Å². The minimum absolute atomic E-state index is 0.227. The van der Waals surface area contributed by atoms with Crippen LogP contribution in [-0.4, -0.2) is 50.7 Å². The molecule has 3 rings (SSSR count). The van der Waals surface area contributed by atoms with E-state index >= 15 is 0 Å². The largest absolute Gasteiger partial charge is 0.497 e. The normalized spacial score (nSPS) is 14.5. The lowest BCUT2D eigenvalue weighted by molar-refractivity contribution is -0.131. The highest BCUT2D eigenvalue weighted by Crippen LogP contribution is 2.21. The van der Waals surface area contributed by atoms with Crippen molar-refractivity contribution >= 4 is 11.6 Å². The molecule has 0 bridgehead atoms. The van der Waals surface area contributed by atoms with Crippen molar-refractivity contribution in [3.05, 3.63) is 54.1 Å². The van der Waals surface area contributed by atoms with E-state index in [-0.39, 0.29) is 5.91 Å². The second-order valence-corrected chi connectivity index (χ2v) is 7.14. The Hall–Kier alpha value is -2.69. The van der Waals surface area contributed by atoms with Crippen molar-refractivity contribution in [1.29, 1.82) is 0 Å². The van der Waals surface area contributed by atoms with Crippen molar-refractivity contribution in [2.45, 2.75) is 26.2 Å². The van der Waals surface area contributed by atoms with Gasteiger partial charge in [-0.05, 0) is 55.7 Å². The molecule has 2 aromatic carbocycles. The molecule has 1 heterocycles. The summed E-state index contributed by atoms with van der Waals surface area (Å²) in [5.74, 6) is 1.99. The molecule has 0 spiro atoms. The molecular formula is C23H30N2O3. The number of aryl methyl sites for hydroxylation is 1. The van der Waals surface area contributed by atoms with Gasteiger partial charge < -0.3 is 19.3 Å².